The minimum absolute atomic E-state index is 0.0446. The van der Waals surface area contributed by atoms with E-state index in [0.717, 1.165) is 17.9 Å². The molecule has 1 aliphatic heterocycles. The summed E-state index contributed by atoms with van der Waals surface area (Å²) < 4.78 is 5.57. The smallest absolute Gasteiger partial charge is 0.258 e. The van der Waals surface area contributed by atoms with Crippen LogP contribution in [0.25, 0.3) is 0 Å². The molecule has 0 atom stereocenters. The molecule has 0 unspecified atom stereocenters. The van der Waals surface area contributed by atoms with Crippen molar-refractivity contribution < 1.29 is 14.4 Å². The highest BCUT2D eigenvalue weighted by Crippen LogP contribution is 2.12. The number of aryl methyl sites for hydroxylation is 1. The van der Waals surface area contributed by atoms with Crippen molar-refractivity contribution in [2.75, 3.05) is 19.7 Å². The Hall–Kier alpha value is -2.33. The first-order valence-corrected chi connectivity index (χ1v) is 9.57. The molecule has 26 heavy (non-hydrogen) atoms. The van der Waals surface area contributed by atoms with Crippen molar-refractivity contribution in [3.63, 3.8) is 0 Å². The first-order chi connectivity index (χ1) is 12.7. The normalized spacial score (nSPS) is 14.8. The lowest BCUT2D eigenvalue weighted by molar-refractivity contribution is -0.918. The molecule has 4 nitrogen and oxygen atoms in total. The number of nitrogens with one attached hydrogen (secondary N) is 2. The van der Waals surface area contributed by atoms with Gasteiger partial charge in [-0.1, -0.05) is 36.4 Å². The van der Waals surface area contributed by atoms with Crippen molar-refractivity contribution in [1.82, 2.24) is 5.32 Å². The van der Waals surface area contributed by atoms with Gasteiger partial charge in [0.15, 0.2) is 6.61 Å². The Balaban J connectivity index is 1.50. The number of ether oxygens (including phenoxy) is 1. The van der Waals surface area contributed by atoms with E-state index in [-0.39, 0.29) is 12.5 Å². The summed E-state index contributed by atoms with van der Waals surface area (Å²) in [6.45, 7) is 6.17. The molecule has 1 aliphatic rings. The molecule has 0 radical (unpaired) electrons. The largest absolute Gasteiger partial charge is 0.484 e. The number of likely N-dealkylation sites (tertiary alicyclic amines) is 1. The average molecular weight is 353 g/mol. The highest BCUT2D eigenvalue weighted by atomic mass is 16.5. The van der Waals surface area contributed by atoms with Gasteiger partial charge >= 0.3 is 0 Å². The van der Waals surface area contributed by atoms with Crippen LogP contribution in [0.5, 0.6) is 5.75 Å². The van der Waals surface area contributed by atoms with Gasteiger partial charge in [-0.15, -0.1) is 0 Å². The molecule has 0 aliphatic carbocycles. The fourth-order valence-electron chi connectivity index (χ4n) is 3.50. The summed E-state index contributed by atoms with van der Waals surface area (Å²) in [5.74, 6) is 0.640. The standard InChI is InChI=1S/C22H28N2O2/c1-18-8-7-11-21(14-18)26-17-22(25)23-15-19-9-3-4-10-20(19)16-24-12-5-2-6-13-24/h3-4,7-11,14H,2,5-6,12-13,15-17H2,1H3,(H,23,25)/p+1. The summed E-state index contributed by atoms with van der Waals surface area (Å²) in [6.07, 6.45) is 4.01. The van der Waals surface area contributed by atoms with Gasteiger partial charge in [-0.3, -0.25) is 4.79 Å². The van der Waals surface area contributed by atoms with Crippen LogP contribution < -0.4 is 15.0 Å². The van der Waals surface area contributed by atoms with E-state index < -0.39 is 0 Å². The number of hydrogen-bond acceptors (Lipinski definition) is 2. The maximum absolute atomic E-state index is 12.1. The maximum Gasteiger partial charge on any atom is 0.258 e. The molecule has 138 valence electrons. The zero-order valence-electron chi connectivity index (χ0n) is 15.6. The summed E-state index contributed by atoms with van der Waals surface area (Å²) >= 11 is 0. The Morgan fingerprint density at radius 1 is 1.04 bits per heavy atom. The molecule has 1 amide bonds. The van der Waals surface area contributed by atoms with Gasteiger partial charge in [-0.25, -0.2) is 0 Å². The fraction of sp³-hybridized carbons (Fsp3) is 0.409. The molecule has 4 heteroatoms. The molecule has 1 saturated heterocycles. The molecule has 3 rings (SSSR count). The van der Waals surface area contributed by atoms with Crippen molar-refractivity contribution in [3.8, 4) is 5.75 Å². The van der Waals surface area contributed by atoms with E-state index >= 15 is 0 Å². The Kier molecular flexibility index (Phi) is 6.67. The second kappa shape index (κ2) is 9.39. The Bertz CT molecular complexity index is 724. The monoisotopic (exact) mass is 353 g/mol. The average Bonchev–Trinajstić information content (AvgIpc) is 2.66. The van der Waals surface area contributed by atoms with E-state index in [9.17, 15) is 4.79 Å². The molecular weight excluding hydrogens is 324 g/mol. The molecule has 2 N–H and O–H groups in total. The lowest BCUT2D eigenvalue weighted by atomic mass is 10.0. The van der Waals surface area contributed by atoms with Crippen LogP contribution in [-0.4, -0.2) is 25.6 Å². The van der Waals surface area contributed by atoms with Gasteiger partial charge < -0.3 is 15.0 Å². The van der Waals surface area contributed by atoms with Crippen molar-refractivity contribution in [2.45, 2.75) is 39.3 Å². The van der Waals surface area contributed by atoms with E-state index in [4.69, 9.17) is 4.74 Å². The van der Waals surface area contributed by atoms with E-state index in [1.54, 1.807) is 4.90 Å². The van der Waals surface area contributed by atoms with Crippen LogP contribution in [-0.2, 0) is 17.9 Å². The van der Waals surface area contributed by atoms with Gasteiger partial charge in [0.25, 0.3) is 5.91 Å². The van der Waals surface area contributed by atoms with Crippen molar-refractivity contribution >= 4 is 5.91 Å². The third-order valence-corrected chi connectivity index (χ3v) is 4.95. The Morgan fingerprint density at radius 3 is 2.58 bits per heavy atom. The van der Waals surface area contributed by atoms with Gasteiger partial charge in [-0.2, -0.15) is 0 Å². The Labute approximate surface area is 156 Å². The van der Waals surface area contributed by atoms with Crippen molar-refractivity contribution in [1.29, 1.82) is 0 Å². The first-order valence-electron chi connectivity index (χ1n) is 9.57. The van der Waals surface area contributed by atoms with Crippen LogP contribution in [0.1, 0.15) is 36.0 Å². The van der Waals surface area contributed by atoms with Gasteiger partial charge in [0.05, 0.1) is 13.1 Å². The van der Waals surface area contributed by atoms with E-state index in [1.807, 2.05) is 37.3 Å². The lowest BCUT2D eigenvalue weighted by Gasteiger charge is -2.24. The van der Waals surface area contributed by atoms with E-state index in [1.165, 1.54) is 43.5 Å². The number of carbonyl (C=O) groups excluding carboxylic acids is 1. The predicted molar refractivity (Wildman–Crippen MR) is 103 cm³/mol. The maximum atomic E-state index is 12.1. The van der Waals surface area contributed by atoms with Crippen LogP contribution in [0, 0.1) is 6.92 Å². The molecule has 2 aromatic carbocycles. The fourth-order valence-corrected chi connectivity index (χ4v) is 3.50. The minimum atomic E-state index is -0.0911. The summed E-state index contributed by atoms with van der Waals surface area (Å²) in [5.41, 5.74) is 3.66. The topological polar surface area (TPSA) is 42.8 Å². The second-order valence-electron chi connectivity index (χ2n) is 7.14. The molecular formula is C22H29N2O2+. The first kappa shape index (κ1) is 18.5. The summed E-state index contributed by atoms with van der Waals surface area (Å²) in [5, 5.41) is 2.99. The molecule has 1 fully saturated rings. The van der Waals surface area contributed by atoms with Crippen LogP contribution >= 0.6 is 0 Å². The Morgan fingerprint density at radius 2 is 1.81 bits per heavy atom. The summed E-state index contributed by atoms with van der Waals surface area (Å²) in [7, 11) is 0. The lowest BCUT2D eigenvalue weighted by Crippen LogP contribution is -3.11. The van der Waals surface area contributed by atoms with E-state index in [2.05, 4.69) is 23.5 Å². The van der Waals surface area contributed by atoms with Crippen LogP contribution in [0.3, 0.4) is 0 Å². The van der Waals surface area contributed by atoms with Gasteiger partial charge in [0.2, 0.25) is 0 Å². The van der Waals surface area contributed by atoms with Crippen LogP contribution in [0.15, 0.2) is 48.5 Å². The molecule has 1 heterocycles. The summed E-state index contributed by atoms with van der Waals surface area (Å²) in [6, 6.07) is 16.2. The quantitative estimate of drug-likeness (QED) is 0.802. The van der Waals surface area contributed by atoms with E-state index in [0.29, 0.717) is 6.54 Å². The number of amides is 1. The zero-order chi connectivity index (χ0) is 18.2. The number of hydrogen-bond donors (Lipinski definition) is 2. The summed E-state index contributed by atoms with van der Waals surface area (Å²) in [4.78, 5) is 13.8. The zero-order valence-corrected chi connectivity index (χ0v) is 15.6. The van der Waals surface area contributed by atoms with Crippen LogP contribution in [0.2, 0.25) is 0 Å². The molecule has 0 bridgehead atoms. The number of quaternary nitrogens is 1. The van der Waals surface area contributed by atoms with Crippen molar-refractivity contribution in [3.05, 3.63) is 65.2 Å². The number of carbonyl (C=O) groups is 1. The van der Waals surface area contributed by atoms with Gasteiger partial charge in [0, 0.05) is 12.1 Å². The van der Waals surface area contributed by atoms with Crippen LogP contribution in [0.4, 0.5) is 0 Å². The van der Waals surface area contributed by atoms with Gasteiger partial charge in [0.1, 0.15) is 12.3 Å². The molecule has 0 saturated carbocycles. The highest BCUT2D eigenvalue weighted by Gasteiger charge is 2.15. The molecule has 0 aromatic heterocycles. The number of piperidine rings is 1. The minimum Gasteiger partial charge on any atom is -0.484 e. The molecule has 0 spiro atoms. The highest BCUT2D eigenvalue weighted by molar-refractivity contribution is 5.77. The van der Waals surface area contributed by atoms with Crippen molar-refractivity contribution in [2.24, 2.45) is 0 Å². The number of benzene rings is 2. The second-order valence-corrected chi connectivity index (χ2v) is 7.14. The number of rotatable bonds is 7. The van der Waals surface area contributed by atoms with Gasteiger partial charge in [-0.05, 0) is 49.4 Å². The third kappa shape index (κ3) is 5.60. The SMILES string of the molecule is Cc1cccc(OCC(=O)NCc2ccccc2C[NH+]2CCCCC2)c1. The molecule has 2 aromatic rings. The predicted octanol–water partition coefficient (Wildman–Crippen LogP) is 2.26. The third-order valence-electron chi connectivity index (χ3n) is 4.95.